The number of amides is 2. The molecule has 6 rings (SSSR count). The van der Waals surface area contributed by atoms with Crippen LogP contribution in [0.25, 0.3) is 0 Å². The van der Waals surface area contributed by atoms with Gasteiger partial charge in [0.2, 0.25) is 11.8 Å². The van der Waals surface area contributed by atoms with Crippen molar-refractivity contribution >= 4 is 35.3 Å². The quantitative estimate of drug-likeness (QED) is 0.237. The van der Waals surface area contributed by atoms with Gasteiger partial charge in [-0.25, -0.2) is 4.98 Å². The monoisotopic (exact) mass is 535 g/mol. The molecule has 3 aliphatic rings. The molecule has 2 aromatic carbocycles. The van der Waals surface area contributed by atoms with Crippen LogP contribution < -0.4 is 16.0 Å². The molecule has 1 atom stereocenters. The van der Waals surface area contributed by atoms with Crippen LogP contribution >= 0.6 is 0 Å². The number of aliphatic imine (C=N–C) groups is 1. The molecule has 0 saturated heterocycles. The summed E-state index contributed by atoms with van der Waals surface area (Å²) in [5, 5.41) is 9.38. The van der Waals surface area contributed by atoms with Crippen molar-refractivity contribution in [3.05, 3.63) is 89.1 Å². The van der Waals surface area contributed by atoms with E-state index >= 15 is 0 Å². The molecule has 2 amide bonds. The van der Waals surface area contributed by atoms with Crippen molar-refractivity contribution in [2.24, 2.45) is 4.99 Å². The highest BCUT2D eigenvalue weighted by Gasteiger charge is 2.51. The molecular formula is C32H33N5O3. The van der Waals surface area contributed by atoms with Gasteiger partial charge in [0.05, 0.1) is 12.0 Å². The van der Waals surface area contributed by atoms with Gasteiger partial charge in [0.15, 0.2) is 6.29 Å². The lowest BCUT2D eigenvalue weighted by molar-refractivity contribution is -0.120. The number of hydrogen-bond acceptors (Lipinski definition) is 6. The maximum Gasteiger partial charge on any atom is 0.238 e. The normalized spacial score (nSPS) is 21.3. The average Bonchev–Trinajstić information content (AvgIpc) is 3.38. The van der Waals surface area contributed by atoms with Crippen molar-refractivity contribution in [2.75, 3.05) is 17.2 Å². The summed E-state index contributed by atoms with van der Waals surface area (Å²) in [5.74, 6) is 0.443. The first-order chi connectivity index (χ1) is 19.5. The zero-order chi connectivity index (χ0) is 27.6. The fourth-order valence-corrected chi connectivity index (χ4v) is 6.43. The summed E-state index contributed by atoms with van der Waals surface area (Å²) in [7, 11) is 0. The number of nitrogens with one attached hydrogen (secondary N) is 3. The van der Waals surface area contributed by atoms with Crippen LogP contribution in [-0.2, 0) is 32.6 Å². The topological polar surface area (TPSA) is 113 Å². The largest absolute Gasteiger partial charge is 0.325 e. The van der Waals surface area contributed by atoms with Crippen LogP contribution in [0.15, 0.2) is 71.9 Å². The molecule has 8 heteroatoms. The number of benzene rings is 2. The van der Waals surface area contributed by atoms with Gasteiger partial charge in [0, 0.05) is 23.0 Å². The van der Waals surface area contributed by atoms with E-state index in [4.69, 9.17) is 4.99 Å². The van der Waals surface area contributed by atoms with E-state index in [0.29, 0.717) is 30.1 Å². The summed E-state index contributed by atoms with van der Waals surface area (Å²) < 4.78 is 0. The van der Waals surface area contributed by atoms with Crippen molar-refractivity contribution in [3.63, 3.8) is 0 Å². The van der Waals surface area contributed by atoms with Crippen LogP contribution in [0, 0.1) is 0 Å². The molecule has 8 nitrogen and oxygen atoms in total. The number of hydrogen-bond donors (Lipinski definition) is 3. The van der Waals surface area contributed by atoms with Gasteiger partial charge in [-0.1, -0.05) is 55.3 Å². The number of pyridine rings is 1. The Hall–Kier alpha value is -4.17. The first-order valence-electron chi connectivity index (χ1n) is 14.0. The Labute approximate surface area is 233 Å². The standard InChI is InChI=1S/C32H33N5O3/c38-21-27(22-9-4-3-5-10-22)37-32(14-6-1-2-7-15-32)34-20-28(39)35-25-13-12-23-18-31(19-24(23)17-25)26-11-8-16-33-29(26)36-30(31)40/h3-5,8-13,16-17,21,34H,1-2,6-7,14-15,18-20H2,(H,35,39)(H,33,36,40)/b37-27+. The smallest absolute Gasteiger partial charge is 0.238 e. The zero-order valence-corrected chi connectivity index (χ0v) is 22.4. The van der Waals surface area contributed by atoms with E-state index in [1.54, 1.807) is 6.20 Å². The van der Waals surface area contributed by atoms with E-state index in [1.807, 2.05) is 60.7 Å². The molecule has 40 heavy (non-hydrogen) atoms. The summed E-state index contributed by atoms with van der Waals surface area (Å²) in [6, 6.07) is 19.2. The number of fused-ring (bicyclic) bond motifs is 3. The van der Waals surface area contributed by atoms with Gasteiger partial charge in [-0.05, 0) is 67.9 Å². The van der Waals surface area contributed by atoms with Crippen LogP contribution in [-0.4, -0.2) is 41.0 Å². The summed E-state index contributed by atoms with van der Waals surface area (Å²) in [4.78, 5) is 47.4. The number of aromatic nitrogens is 1. The molecule has 1 saturated carbocycles. The second-order valence-corrected chi connectivity index (χ2v) is 11.1. The van der Waals surface area contributed by atoms with Gasteiger partial charge in [-0.2, -0.15) is 0 Å². The highest BCUT2D eigenvalue weighted by Crippen LogP contribution is 2.46. The fourth-order valence-electron chi connectivity index (χ4n) is 6.43. The van der Waals surface area contributed by atoms with Crippen molar-refractivity contribution in [1.82, 2.24) is 10.3 Å². The van der Waals surface area contributed by atoms with Crippen molar-refractivity contribution in [3.8, 4) is 0 Å². The Balaban J connectivity index is 1.16. The van der Waals surface area contributed by atoms with Crippen LogP contribution in [0.5, 0.6) is 0 Å². The zero-order valence-electron chi connectivity index (χ0n) is 22.4. The lowest BCUT2D eigenvalue weighted by atomic mass is 9.79. The summed E-state index contributed by atoms with van der Waals surface area (Å²) in [5.41, 5.74) is 3.66. The molecule has 1 unspecified atom stereocenters. The van der Waals surface area contributed by atoms with Gasteiger partial charge in [0.1, 0.15) is 17.2 Å². The van der Waals surface area contributed by atoms with Gasteiger partial charge in [-0.3, -0.25) is 24.7 Å². The van der Waals surface area contributed by atoms with E-state index in [2.05, 4.69) is 20.9 Å². The third kappa shape index (κ3) is 4.95. The average molecular weight is 536 g/mol. The van der Waals surface area contributed by atoms with Crippen molar-refractivity contribution in [2.45, 2.75) is 62.4 Å². The van der Waals surface area contributed by atoms with Crippen molar-refractivity contribution < 1.29 is 14.4 Å². The molecule has 1 aliphatic heterocycles. The van der Waals surface area contributed by atoms with Crippen LogP contribution in [0.2, 0.25) is 0 Å². The Morgan fingerprint density at radius 1 is 0.975 bits per heavy atom. The molecule has 2 heterocycles. The summed E-state index contributed by atoms with van der Waals surface area (Å²) >= 11 is 0. The predicted molar refractivity (Wildman–Crippen MR) is 155 cm³/mol. The lowest BCUT2D eigenvalue weighted by Crippen LogP contribution is -2.47. The number of anilines is 2. The van der Waals surface area contributed by atoms with Crippen LogP contribution in [0.1, 0.15) is 60.8 Å². The minimum Gasteiger partial charge on any atom is -0.325 e. The first-order valence-corrected chi connectivity index (χ1v) is 14.0. The number of aldehydes is 1. The molecule has 1 aromatic heterocycles. The van der Waals surface area contributed by atoms with E-state index in [9.17, 15) is 14.4 Å². The molecular weight excluding hydrogens is 502 g/mol. The van der Waals surface area contributed by atoms with E-state index in [-0.39, 0.29) is 18.4 Å². The fraction of sp³-hybridized carbons (Fsp3) is 0.344. The maximum atomic E-state index is 13.1. The van der Waals surface area contributed by atoms with Crippen molar-refractivity contribution in [1.29, 1.82) is 0 Å². The summed E-state index contributed by atoms with van der Waals surface area (Å²) in [6.45, 7) is 0.0763. The predicted octanol–water partition coefficient (Wildman–Crippen LogP) is 4.34. The van der Waals surface area contributed by atoms with E-state index in [1.165, 1.54) is 0 Å². The number of nitrogens with zero attached hydrogens (tertiary/aromatic N) is 2. The summed E-state index contributed by atoms with van der Waals surface area (Å²) in [6.07, 6.45) is 9.41. The van der Waals surface area contributed by atoms with Gasteiger partial charge < -0.3 is 10.6 Å². The number of rotatable bonds is 7. The highest BCUT2D eigenvalue weighted by atomic mass is 16.2. The van der Waals surface area contributed by atoms with E-state index in [0.717, 1.165) is 67.1 Å². The maximum absolute atomic E-state index is 13.1. The van der Waals surface area contributed by atoms with Gasteiger partial charge >= 0.3 is 0 Å². The SMILES string of the molecule is O=C/C(=N\C1(NCC(=O)Nc2ccc3c(c2)CC2(C3)C(=O)Nc3ncccc32)CCCCCC1)c1ccccc1. The van der Waals surface area contributed by atoms with Crippen LogP contribution in [0.3, 0.4) is 0 Å². The Morgan fingerprint density at radius 2 is 1.75 bits per heavy atom. The molecule has 0 bridgehead atoms. The minimum absolute atomic E-state index is 0.0216. The minimum atomic E-state index is -0.665. The van der Waals surface area contributed by atoms with E-state index < -0.39 is 11.1 Å². The van der Waals surface area contributed by atoms with Gasteiger partial charge in [-0.15, -0.1) is 0 Å². The highest BCUT2D eigenvalue weighted by molar-refractivity contribution is 6.36. The molecule has 3 N–H and O–H groups in total. The lowest BCUT2D eigenvalue weighted by Gasteiger charge is -2.30. The third-order valence-corrected chi connectivity index (χ3v) is 8.49. The second-order valence-electron chi connectivity index (χ2n) is 11.1. The Bertz CT molecular complexity index is 1480. The second kappa shape index (κ2) is 10.8. The Kier molecular flexibility index (Phi) is 7.02. The first kappa shape index (κ1) is 26.1. The molecule has 1 fully saturated rings. The number of carbonyl (C=O) groups excluding carboxylic acids is 3. The molecule has 2 aliphatic carbocycles. The molecule has 0 radical (unpaired) electrons. The Morgan fingerprint density at radius 3 is 2.52 bits per heavy atom. The molecule has 3 aromatic rings. The molecule has 1 spiro atoms. The van der Waals surface area contributed by atoms with Gasteiger partial charge in [0.25, 0.3) is 0 Å². The van der Waals surface area contributed by atoms with Crippen LogP contribution in [0.4, 0.5) is 11.5 Å². The molecule has 204 valence electrons. The third-order valence-electron chi connectivity index (χ3n) is 8.49. The number of carbonyl (C=O) groups is 3.